The van der Waals surface area contributed by atoms with E-state index in [1.807, 2.05) is 31.2 Å². The van der Waals surface area contributed by atoms with E-state index in [0.29, 0.717) is 5.17 Å². The minimum atomic E-state index is -0.587. The highest BCUT2D eigenvalue weighted by Crippen LogP contribution is 2.26. The van der Waals surface area contributed by atoms with Crippen LogP contribution in [0.3, 0.4) is 0 Å². The number of thioether (sulfide) groups is 1. The van der Waals surface area contributed by atoms with E-state index in [0.717, 1.165) is 11.3 Å². The molecule has 2 N–H and O–H groups in total. The summed E-state index contributed by atoms with van der Waals surface area (Å²) in [5.41, 5.74) is 1.95. The van der Waals surface area contributed by atoms with Gasteiger partial charge in [-0.05, 0) is 31.2 Å². The van der Waals surface area contributed by atoms with E-state index in [1.54, 1.807) is 12.1 Å². The zero-order valence-electron chi connectivity index (χ0n) is 13.5. The number of rotatable bonds is 4. The highest BCUT2D eigenvalue weighted by Gasteiger charge is 2.32. The van der Waals surface area contributed by atoms with Crippen molar-refractivity contribution in [3.05, 3.63) is 59.9 Å². The molecule has 2 aromatic carbocycles. The Morgan fingerprint density at radius 3 is 2.68 bits per heavy atom. The molecule has 0 saturated carbocycles. The topological polar surface area (TPSA) is 70.6 Å². The van der Waals surface area contributed by atoms with E-state index < -0.39 is 17.0 Å². The third-order valence-corrected chi connectivity index (χ3v) is 4.64. The summed E-state index contributed by atoms with van der Waals surface area (Å²) in [5.74, 6) is -1.21. The van der Waals surface area contributed by atoms with E-state index in [-0.39, 0.29) is 18.0 Å². The van der Waals surface area contributed by atoms with Gasteiger partial charge in [0, 0.05) is 6.42 Å². The van der Waals surface area contributed by atoms with Crippen molar-refractivity contribution < 1.29 is 14.0 Å². The van der Waals surface area contributed by atoms with Crippen LogP contribution in [-0.4, -0.2) is 22.2 Å². The van der Waals surface area contributed by atoms with Crippen LogP contribution in [0, 0.1) is 12.7 Å². The zero-order chi connectivity index (χ0) is 17.8. The third kappa shape index (κ3) is 4.45. The van der Waals surface area contributed by atoms with Crippen molar-refractivity contribution in [3.63, 3.8) is 0 Å². The number of para-hydroxylation sites is 1. The summed E-state index contributed by atoms with van der Waals surface area (Å²) in [4.78, 5) is 28.4. The molecule has 0 bridgehead atoms. The number of anilines is 1. The monoisotopic (exact) mass is 357 g/mol. The summed E-state index contributed by atoms with van der Waals surface area (Å²) in [5, 5.41) is 5.02. The van der Waals surface area contributed by atoms with Gasteiger partial charge in [-0.3, -0.25) is 9.59 Å². The second-order valence-corrected chi connectivity index (χ2v) is 6.77. The lowest BCUT2D eigenvalue weighted by molar-refractivity contribution is -0.122. The van der Waals surface area contributed by atoms with Crippen LogP contribution in [-0.2, 0) is 9.59 Å². The smallest absolute Gasteiger partial charge is 0.240 e. The number of hydrogen-bond donors (Lipinski definition) is 2. The van der Waals surface area contributed by atoms with Crippen molar-refractivity contribution in [1.29, 1.82) is 0 Å². The lowest BCUT2D eigenvalue weighted by Crippen LogP contribution is -2.28. The van der Waals surface area contributed by atoms with E-state index in [2.05, 4.69) is 15.6 Å². The van der Waals surface area contributed by atoms with E-state index >= 15 is 0 Å². The van der Waals surface area contributed by atoms with Crippen LogP contribution in [0.2, 0.25) is 0 Å². The Morgan fingerprint density at radius 2 is 1.96 bits per heavy atom. The molecule has 0 spiro atoms. The van der Waals surface area contributed by atoms with Crippen LogP contribution in [0.1, 0.15) is 12.0 Å². The molecular formula is C18H16FN3O2S. The lowest BCUT2D eigenvalue weighted by Gasteiger charge is -2.08. The number of nitrogens with zero attached hydrogens (tertiary/aromatic N) is 1. The fourth-order valence-corrected chi connectivity index (χ4v) is 3.25. The Hall–Kier alpha value is -2.67. The summed E-state index contributed by atoms with van der Waals surface area (Å²) in [7, 11) is 0. The number of carbonyl (C=O) groups is 2. The molecule has 0 aromatic heterocycles. The molecule has 1 atom stereocenters. The summed E-state index contributed by atoms with van der Waals surface area (Å²) in [6.45, 7) is 1.98. The molecule has 2 amide bonds. The molecule has 0 aliphatic carbocycles. The van der Waals surface area contributed by atoms with Gasteiger partial charge < -0.3 is 10.6 Å². The Bertz CT molecular complexity index is 836. The quantitative estimate of drug-likeness (QED) is 0.881. The number of aryl methyl sites for hydroxylation is 1. The molecule has 1 aliphatic rings. The molecule has 25 heavy (non-hydrogen) atoms. The zero-order valence-corrected chi connectivity index (χ0v) is 14.3. The molecular weight excluding hydrogens is 341 g/mol. The van der Waals surface area contributed by atoms with Crippen LogP contribution in [0.4, 0.5) is 15.8 Å². The second kappa shape index (κ2) is 7.48. The van der Waals surface area contributed by atoms with Crippen molar-refractivity contribution in [2.75, 3.05) is 5.32 Å². The normalized spacial score (nSPS) is 18.2. The van der Waals surface area contributed by atoms with E-state index in [1.165, 1.54) is 23.9 Å². The van der Waals surface area contributed by atoms with Crippen LogP contribution >= 0.6 is 11.8 Å². The number of benzene rings is 2. The number of nitrogens with one attached hydrogen (secondary N) is 2. The van der Waals surface area contributed by atoms with Crippen molar-refractivity contribution in [3.8, 4) is 0 Å². The standard InChI is InChI=1S/C18H16FN3O2S/c1-11-6-8-12(9-7-11)20-18-22-17(24)15(25-18)10-16(23)21-14-5-3-2-4-13(14)19/h2-9,15H,10H2,1H3,(H,21,23)(H,20,22,24)/t15-/m0/s1. The fourth-order valence-electron chi connectivity index (χ4n) is 2.26. The van der Waals surface area contributed by atoms with Crippen LogP contribution in [0.5, 0.6) is 0 Å². The van der Waals surface area contributed by atoms with Gasteiger partial charge in [0.15, 0.2) is 5.17 Å². The summed E-state index contributed by atoms with van der Waals surface area (Å²) in [6.07, 6.45) is -0.0578. The number of carbonyl (C=O) groups excluding carboxylic acids is 2. The first-order chi connectivity index (χ1) is 12.0. The SMILES string of the molecule is Cc1ccc(N=C2NC(=O)[C@H](CC(=O)Nc3ccccc3F)S2)cc1. The minimum absolute atomic E-state index is 0.0578. The first kappa shape index (κ1) is 17.2. The maximum Gasteiger partial charge on any atom is 0.240 e. The van der Waals surface area contributed by atoms with Gasteiger partial charge in [0.2, 0.25) is 11.8 Å². The summed E-state index contributed by atoms with van der Waals surface area (Å²) >= 11 is 1.20. The molecule has 1 aliphatic heterocycles. The van der Waals surface area contributed by atoms with Crippen molar-refractivity contribution in [1.82, 2.24) is 5.32 Å². The number of aliphatic imine (C=N–C) groups is 1. The van der Waals surface area contributed by atoms with Gasteiger partial charge in [-0.25, -0.2) is 9.38 Å². The van der Waals surface area contributed by atoms with Crippen LogP contribution < -0.4 is 10.6 Å². The van der Waals surface area contributed by atoms with Crippen molar-refractivity contribution in [2.45, 2.75) is 18.6 Å². The average molecular weight is 357 g/mol. The van der Waals surface area contributed by atoms with E-state index in [4.69, 9.17) is 0 Å². The Balaban J connectivity index is 1.62. The van der Waals surface area contributed by atoms with Gasteiger partial charge in [-0.15, -0.1) is 0 Å². The van der Waals surface area contributed by atoms with Crippen molar-refractivity contribution >= 4 is 40.1 Å². The minimum Gasteiger partial charge on any atom is -0.324 e. The van der Waals surface area contributed by atoms with Crippen LogP contribution in [0.15, 0.2) is 53.5 Å². The summed E-state index contributed by atoms with van der Waals surface area (Å²) in [6, 6.07) is 13.5. The van der Waals surface area contributed by atoms with Crippen LogP contribution in [0.25, 0.3) is 0 Å². The number of halogens is 1. The molecule has 0 radical (unpaired) electrons. The predicted octanol–water partition coefficient (Wildman–Crippen LogP) is 3.38. The first-order valence-corrected chi connectivity index (χ1v) is 8.56. The molecule has 7 heteroatoms. The molecule has 0 unspecified atom stereocenters. The maximum absolute atomic E-state index is 13.6. The molecule has 3 rings (SSSR count). The molecule has 1 saturated heterocycles. The van der Waals surface area contributed by atoms with Crippen molar-refractivity contribution in [2.24, 2.45) is 4.99 Å². The van der Waals surface area contributed by atoms with Gasteiger partial charge in [-0.2, -0.15) is 0 Å². The molecule has 1 fully saturated rings. The summed E-state index contributed by atoms with van der Waals surface area (Å²) < 4.78 is 13.6. The second-order valence-electron chi connectivity index (χ2n) is 5.58. The van der Waals surface area contributed by atoms with Gasteiger partial charge in [0.25, 0.3) is 0 Å². The van der Waals surface area contributed by atoms with Gasteiger partial charge in [0.1, 0.15) is 11.1 Å². The number of amidine groups is 1. The fraction of sp³-hybridized carbons (Fsp3) is 0.167. The lowest BCUT2D eigenvalue weighted by atomic mass is 10.2. The molecule has 1 heterocycles. The van der Waals surface area contributed by atoms with Gasteiger partial charge in [-0.1, -0.05) is 41.6 Å². The Labute approximate surface area is 148 Å². The number of hydrogen-bond acceptors (Lipinski definition) is 4. The van der Waals surface area contributed by atoms with Gasteiger partial charge >= 0.3 is 0 Å². The highest BCUT2D eigenvalue weighted by atomic mass is 32.2. The Kier molecular flexibility index (Phi) is 5.14. The Morgan fingerprint density at radius 1 is 1.24 bits per heavy atom. The molecule has 2 aromatic rings. The first-order valence-electron chi connectivity index (χ1n) is 7.68. The predicted molar refractivity (Wildman–Crippen MR) is 97.4 cm³/mol. The third-order valence-electron chi connectivity index (χ3n) is 3.56. The largest absolute Gasteiger partial charge is 0.324 e. The van der Waals surface area contributed by atoms with E-state index in [9.17, 15) is 14.0 Å². The molecule has 5 nitrogen and oxygen atoms in total. The number of amides is 2. The van der Waals surface area contributed by atoms with Gasteiger partial charge in [0.05, 0.1) is 11.4 Å². The molecule has 128 valence electrons. The average Bonchev–Trinajstić information content (AvgIpc) is 2.91. The highest BCUT2D eigenvalue weighted by molar-refractivity contribution is 8.15. The maximum atomic E-state index is 13.6.